The molecule has 2 N–H and O–H groups in total. The van der Waals surface area contributed by atoms with E-state index in [0.29, 0.717) is 6.54 Å². The molecule has 1 atom stereocenters. The minimum absolute atomic E-state index is 0.0379. The van der Waals surface area contributed by atoms with Crippen molar-refractivity contribution in [2.24, 2.45) is 0 Å². The van der Waals surface area contributed by atoms with E-state index in [1.54, 1.807) is 18.3 Å². The number of rotatable bonds is 3. The van der Waals surface area contributed by atoms with Crippen LogP contribution >= 0.6 is 0 Å². The van der Waals surface area contributed by atoms with Crippen LogP contribution in [0.5, 0.6) is 0 Å². The van der Waals surface area contributed by atoms with E-state index >= 15 is 0 Å². The number of hydrogen-bond donors (Lipinski definition) is 2. The van der Waals surface area contributed by atoms with Gasteiger partial charge in [0.05, 0.1) is 17.5 Å². The van der Waals surface area contributed by atoms with E-state index in [2.05, 4.69) is 46.8 Å². The number of carbonyl (C=O) groups is 2. The van der Waals surface area contributed by atoms with Crippen LogP contribution < -0.4 is 26.0 Å². The van der Waals surface area contributed by atoms with E-state index in [4.69, 9.17) is 9.90 Å². The van der Waals surface area contributed by atoms with Gasteiger partial charge in [0.2, 0.25) is 11.5 Å². The molecule has 2 aromatic carbocycles. The Bertz CT molecular complexity index is 1380. The van der Waals surface area contributed by atoms with Gasteiger partial charge in [-0.1, -0.05) is 42.5 Å². The average Bonchev–Trinajstić information content (AvgIpc) is 3.15. The van der Waals surface area contributed by atoms with Crippen LogP contribution in [0.4, 0.5) is 13.2 Å². The standard InChI is InChI=1S/C21H15N3O.C2HF3O2/c25-19-9-8-18-20-16(10-11-22-18)13-24(21(19)20)23-12-15-6-3-5-14-4-1-2-7-17(14)15;3-2(4,5)1(6)7/h1-11,13,23H,12H2;(H,6,7). The monoisotopic (exact) mass is 439 g/mol. The topological polar surface area (TPSA) is 86.6 Å². The van der Waals surface area contributed by atoms with Crippen LogP contribution in [0, 0.1) is 0 Å². The van der Waals surface area contributed by atoms with Crippen LogP contribution in [0.2, 0.25) is 0 Å². The first-order valence-electron chi connectivity index (χ1n) is 9.55. The number of benzene rings is 2. The van der Waals surface area contributed by atoms with Crippen molar-refractivity contribution in [1.29, 1.82) is 0 Å². The van der Waals surface area contributed by atoms with Gasteiger partial charge in [-0.3, -0.25) is 9.78 Å². The lowest BCUT2D eigenvalue weighted by molar-refractivity contribution is -0.789. The Kier molecular flexibility index (Phi) is 5.60. The van der Waals surface area contributed by atoms with Crippen molar-refractivity contribution in [2.75, 3.05) is 0 Å². The summed E-state index contributed by atoms with van der Waals surface area (Å²) in [4.78, 5) is 25.6. The fraction of sp³-hybridized carbons (Fsp3) is 0.0870. The second-order valence-electron chi connectivity index (χ2n) is 7.07. The number of aliphatic carboxylic acids is 1. The van der Waals surface area contributed by atoms with E-state index in [1.165, 1.54) is 16.3 Å². The fourth-order valence-corrected chi connectivity index (χ4v) is 3.65. The minimum atomic E-state index is -5.19. The highest BCUT2D eigenvalue weighted by atomic mass is 19.4. The maximum Gasteiger partial charge on any atom is 0.430 e. The number of fused-ring (bicyclic) bond motifs is 1. The molecule has 0 radical (unpaired) electrons. The number of halogens is 3. The summed E-state index contributed by atoms with van der Waals surface area (Å²) >= 11 is 0. The Balaban J connectivity index is 0.000000307. The second-order valence-corrected chi connectivity index (χ2v) is 7.07. The largest absolute Gasteiger partial charge is 0.542 e. The van der Waals surface area contributed by atoms with E-state index < -0.39 is 12.1 Å². The number of quaternary nitrogens is 1. The molecular weight excluding hydrogens is 423 g/mol. The SMILES string of the molecule is O=C([O-])C(F)(F)F.O=C1C=Cc2nccc3c2=C1[NH+](NCc1cccc2ccccc12)C=3. The molecule has 0 saturated carbocycles. The van der Waals surface area contributed by atoms with Crippen LogP contribution in [0.3, 0.4) is 0 Å². The molecule has 6 nitrogen and oxygen atoms in total. The Hall–Kier alpha value is -3.82. The van der Waals surface area contributed by atoms with Crippen LogP contribution in [0.25, 0.3) is 28.7 Å². The third kappa shape index (κ3) is 4.16. The van der Waals surface area contributed by atoms with Crippen molar-refractivity contribution in [1.82, 2.24) is 10.4 Å². The molecule has 0 saturated heterocycles. The molecule has 9 heteroatoms. The van der Waals surface area contributed by atoms with E-state index in [0.717, 1.165) is 26.8 Å². The van der Waals surface area contributed by atoms with Crippen LogP contribution in [-0.4, -0.2) is 22.9 Å². The number of hydrogen-bond acceptors (Lipinski definition) is 5. The quantitative estimate of drug-likeness (QED) is 0.579. The maximum absolute atomic E-state index is 12.4. The van der Waals surface area contributed by atoms with Gasteiger partial charge in [-0.05, 0) is 34.6 Å². The predicted octanol–water partition coefficient (Wildman–Crippen LogP) is -0.421. The average molecular weight is 439 g/mol. The lowest BCUT2D eigenvalue weighted by Gasteiger charge is -2.15. The highest BCUT2D eigenvalue weighted by Crippen LogP contribution is 2.18. The second kappa shape index (κ2) is 8.37. The minimum Gasteiger partial charge on any atom is -0.542 e. The summed E-state index contributed by atoms with van der Waals surface area (Å²) in [5.74, 6) is -2.97. The van der Waals surface area contributed by atoms with Crippen LogP contribution in [0.15, 0.2) is 60.8 Å². The summed E-state index contributed by atoms with van der Waals surface area (Å²) in [6.07, 6.45) is 2.04. The van der Waals surface area contributed by atoms with Crippen molar-refractivity contribution < 1.29 is 32.9 Å². The number of ketones is 1. The first-order chi connectivity index (χ1) is 15.3. The third-order valence-corrected chi connectivity index (χ3v) is 5.05. The first kappa shape index (κ1) is 21.4. The molecule has 2 aliphatic rings. The normalized spacial score (nSPS) is 16.3. The van der Waals surface area contributed by atoms with Gasteiger partial charge < -0.3 is 9.90 Å². The molecule has 1 aliphatic heterocycles. The van der Waals surface area contributed by atoms with Crippen molar-refractivity contribution in [2.45, 2.75) is 12.7 Å². The molecule has 1 aromatic heterocycles. The van der Waals surface area contributed by atoms with Gasteiger partial charge >= 0.3 is 6.18 Å². The fourth-order valence-electron chi connectivity index (χ4n) is 3.65. The number of alkyl halides is 3. The number of aromatic nitrogens is 1. The number of pyridine rings is 1. The van der Waals surface area contributed by atoms with Gasteiger partial charge in [0.25, 0.3) is 0 Å². The number of nitrogens with zero attached hydrogens (tertiary/aromatic N) is 1. The molecule has 0 bridgehead atoms. The maximum atomic E-state index is 12.4. The van der Waals surface area contributed by atoms with Gasteiger partial charge in [-0.2, -0.15) is 23.6 Å². The number of carbonyl (C=O) groups excluding carboxylic acids is 2. The Labute approximate surface area is 179 Å². The van der Waals surface area contributed by atoms with Crippen molar-refractivity contribution >= 4 is 40.5 Å². The molecule has 5 rings (SSSR count). The zero-order chi connectivity index (χ0) is 22.9. The van der Waals surface area contributed by atoms with Gasteiger partial charge in [-0.25, -0.2) is 0 Å². The first-order valence-corrected chi connectivity index (χ1v) is 9.55. The van der Waals surface area contributed by atoms with Crippen LogP contribution in [-0.2, 0) is 16.1 Å². The Morgan fingerprint density at radius 2 is 1.78 bits per heavy atom. The number of carboxylic acids is 1. The van der Waals surface area contributed by atoms with E-state index in [1.807, 2.05) is 18.3 Å². The Morgan fingerprint density at radius 1 is 1.06 bits per heavy atom. The lowest BCUT2D eigenvalue weighted by atomic mass is 10.0. The highest BCUT2D eigenvalue weighted by Gasteiger charge is 2.30. The zero-order valence-corrected chi connectivity index (χ0v) is 16.4. The van der Waals surface area contributed by atoms with Crippen molar-refractivity contribution in [3.8, 4) is 0 Å². The zero-order valence-electron chi connectivity index (χ0n) is 16.4. The molecule has 3 aromatic rings. The summed E-state index contributed by atoms with van der Waals surface area (Å²) in [6, 6.07) is 16.6. The van der Waals surface area contributed by atoms with Gasteiger partial charge in [0, 0.05) is 11.4 Å². The molecule has 32 heavy (non-hydrogen) atoms. The smallest absolute Gasteiger partial charge is 0.430 e. The molecule has 0 spiro atoms. The summed E-state index contributed by atoms with van der Waals surface area (Å²) in [7, 11) is 0. The van der Waals surface area contributed by atoms with Crippen molar-refractivity contribution in [3.63, 3.8) is 0 Å². The number of carboxylic acid groups (broad SMARTS) is 1. The molecule has 0 fully saturated rings. The molecule has 1 unspecified atom stereocenters. The van der Waals surface area contributed by atoms with Crippen molar-refractivity contribution in [3.05, 3.63) is 82.5 Å². The Morgan fingerprint density at radius 3 is 2.53 bits per heavy atom. The summed E-state index contributed by atoms with van der Waals surface area (Å²) in [5, 5.41) is 14.1. The highest BCUT2D eigenvalue weighted by molar-refractivity contribution is 6.21. The third-order valence-electron chi connectivity index (χ3n) is 5.05. The molecule has 0 amide bonds. The van der Waals surface area contributed by atoms with Crippen LogP contribution in [0.1, 0.15) is 11.3 Å². The number of nitrogens with one attached hydrogen (secondary N) is 2. The molecular formula is C23H16F3N3O3. The van der Waals surface area contributed by atoms with Gasteiger partial charge in [-0.15, -0.1) is 0 Å². The van der Waals surface area contributed by atoms with Gasteiger partial charge in [0.15, 0.2) is 0 Å². The summed E-state index contributed by atoms with van der Waals surface area (Å²) in [6.45, 7) is 0.671. The van der Waals surface area contributed by atoms with E-state index in [9.17, 15) is 18.0 Å². The molecule has 1 aliphatic carbocycles. The molecule has 162 valence electrons. The summed E-state index contributed by atoms with van der Waals surface area (Å²) in [5.41, 5.74) is 6.29. The molecule has 2 heterocycles. The lowest BCUT2D eigenvalue weighted by Crippen LogP contribution is -3.11. The predicted molar refractivity (Wildman–Crippen MR) is 108 cm³/mol. The van der Waals surface area contributed by atoms with E-state index in [-0.39, 0.29) is 5.78 Å². The van der Waals surface area contributed by atoms with Gasteiger partial charge in [0.1, 0.15) is 12.2 Å². The summed E-state index contributed by atoms with van der Waals surface area (Å²) < 4.78 is 31.5.